The molecular formula is C26H31Cl2N3O. The van der Waals surface area contributed by atoms with Gasteiger partial charge in [-0.25, -0.2) is 4.98 Å². The Labute approximate surface area is 199 Å². The summed E-state index contributed by atoms with van der Waals surface area (Å²) in [5.74, 6) is 3.79. The molecule has 1 aromatic carbocycles. The number of carbonyl (C=O) groups excluding carboxylic acids is 1. The zero-order valence-corrected chi connectivity index (χ0v) is 20.5. The van der Waals surface area contributed by atoms with E-state index in [2.05, 4.69) is 24.9 Å². The predicted molar refractivity (Wildman–Crippen MR) is 129 cm³/mol. The third-order valence-electron chi connectivity index (χ3n) is 10.00. The molecule has 1 aromatic heterocycles. The molecule has 32 heavy (non-hydrogen) atoms. The average Bonchev–Trinajstić information content (AvgIpc) is 3.31. The second kappa shape index (κ2) is 6.99. The first-order valence-corrected chi connectivity index (χ1v) is 12.8. The number of nitrogens with zero attached hydrogens (tertiary/aromatic N) is 2. The van der Waals surface area contributed by atoms with E-state index < -0.39 is 0 Å². The van der Waals surface area contributed by atoms with Gasteiger partial charge in [0, 0.05) is 24.4 Å². The standard InChI is InChI=1S/C26H31Cl2N3O/c1-25-10-8-16-14(4-7-22-26(16,2)11-9-23(32)31(22)3)15(25)5-6-17(25)24-29-20-12-18(27)19(28)13-21(20)30-24/h9,11-17,22H,4-8,10H2,1-3H3,(H,29,30)/t14-,15-,16+,17?,22?,25-,26+/m0/s1. The number of likely N-dealkylation sites (N-methyl/N-ethyl adjacent to an activating group) is 1. The molecule has 1 aliphatic heterocycles. The number of amides is 1. The van der Waals surface area contributed by atoms with Crippen LogP contribution >= 0.6 is 23.2 Å². The maximum absolute atomic E-state index is 12.3. The number of halogens is 2. The fourth-order valence-electron chi connectivity index (χ4n) is 8.38. The van der Waals surface area contributed by atoms with Crippen LogP contribution in [0.4, 0.5) is 0 Å². The molecule has 170 valence electrons. The minimum absolute atomic E-state index is 0.0951. The predicted octanol–water partition coefficient (Wildman–Crippen LogP) is 6.59. The summed E-state index contributed by atoms with van der Waals surface area (Å²) >= 11 is 12.5. The van der Waals surface area contributed by atoms with Crippen molar-refractivity contribution >= 4 is 40.1 Å². The number of benzene rings is 1. The van der Waals surface area contributed by atoms with Crippen LogP contribution in [0.2, 0.25) is 10.0 Å². The van der Waals surface area contributed by atoms with Gasteiger partial charge in [0.15, 0.2) is 0 Å². The largest absolute Gasteiger partial charge is 0.342 e. The number of fused-ring (bicyclic) bond motifs is 6. The van der Waals surface area contributed by atoms with Gasteiger partial charge in [0.1, 0.15) is 5.82 Å². The summed E-state index contributed by atoms with van der Waals surface area (Å²) in [6.45, 7) is 4.93. The van der Waals surface area contributed by atoms with Gasteiger partial charge < -0.3 is 9.88 Å². The van der Waals surface area contributed by atoms with Crippen LogP contribution in [0.1, 0.15) is 64.1 Å². The first-order chi connectivity index (χ1) is 15.2. The molecule has 4 aliphatic rings. The normalized spacial score (nSPS) is 41.0. The first kappa shape index (κ1) is 21.0. The molecule has 1 N–H and O–H groups in total. The number of aromatic nitrogens is 2. The van der Waals surface area contributed by atoms with E-state index >= 15 is 0 Å². The summed E-state index contributed by atoms with van der Waals surface area (Å²) < 4.78 is 0. The van der Waals surface area contributed by atoms with Crippen molar-refractivity contribution in [1.82, 2.24) is 14.9 Å². The van der Waals surface area contributed by atoms with E-state index in [1.807, 2.05) is 30.2 Å². The quantitative estimate of drug-likeness (QED) is 0.509. The molecule has 6 heteroatoms. The number of hydrogen-bond donors (Lipinski definition) is 1. The van der Waals surface area contributed by atoms with E-state index in [9.17, 15) is 4.79 Å². The Bertz CT molecular complexity index is 1100. The molecule has 3 aliphatic carbocycles. The van der Waals surface area contributed by atoms with Crippen molar-refractivity contribution in [2.75, 3.05) is 7.05 Å². The Morgan fingerprint density at radius 3 is 2.66 bits per heavy atom. The van der Waals surface area contributed by atoms with Gasteiger partial charge in [0.05, 0.1) is 21.1 Å². The lowest BCUT2D eigenvalue weighted by atomic mass is 9.47. The van der Waals surface area contributed by atoms with Crippen LogP contribution in [-0.4, -0.2) is 33.9 Å². The van der Waals surface area contributed by atoms with Crippen LogP contribution in [0.15, 0.2) is 24.3 Å². The summed E-state index contributed by atoms with van der Waals surface area (Å²) in [7, 11) is 1.99. The minimum atomic E-state index is 0.0951. The Hall–Kier alpha value is -1.52. The van der Waals surface area contributed by atoms with Gasteiger partial charge in [-0.05, 0) is 79.9 Å². The molecule has 2 heterocycles. The molecule has 4 nitrogen and oxygen atoms in total. The highest BCUT2D eigenvalue weighted by atomic mass is 35.5. The molecule has 2 aromatic rings. The topological polar surface area (TPSA) is 49.0 Å². The van der Waals surface area contributed by atoms with Gasteiger partial charge in [-0.2, -0.15) is 0 Å². The lowest BCUT2D eigenvalue weighted by molar-refractivity contribution is -0.138. The Morgan fingerprint density at radius 1 is 1.06 bits per heavy atom. The number of nitrogens with one attached hydrogen (secondary N) is 1. The Balaban J connectivity index is 1.33. The zero-order chi connectivity index (χ0) is 22.4. The molecule has 7 atom stereocenters. The maximum atomic E-state index is 12.3. The summed E-state index contributed by atoms with van der Waals surface area (Å²) in [5, 5.41) is 1.13. The molecule has 0 bridgehead atoms. The van der Waals surface area contributed by atoms with Crippen LogP contribution < -0.4 is 0 Å². The molecule has 0 radical (unpaired) electrons. The van der Waals surface area contributed by atoms with Crippen molar-refractivity contribution in [3.63, 3.8) is 0 Å². The number of aromatic amines is 1. The molecule has 2 unspecified atom stereocenters. The Morgan fingerprint density at radius 2 is 1.84 bits per heavy atom. The number of rotatable bonds is 1. The maximum Gasteiger partial charge on any atom is 0.246 e. The van der Waals surface area contributed by atoms with Crippen molar-refractivity contribution < 1.29 is 4.79 Å². The van der Waals surface area contributed by atoms with E-state index in [1.54, 1.807) is 0 Å². The summed E-state index contributed by atoms with van der Waals surface area (Å²) in [4.78, 5) is 22.9. The minimum Gasteiger partial charge on any atom is -0.342 e. The van der Waals surface area contributed by atoms with Gasteiger partial charge in [-0.15, -0.1) is 0 Å². The summed E-state index contributed by atoms with van der Waals surface area (Å²) in [6.07, 6.45) is 11.3. The smallest absolute Gasteiger partial charge is 0.246 e. The van der Waals surface area contributed by atoms with Gasteiger partial charge in [0.25, 0.3) is 0 Å². The molecule has 0 spiro atoms. The van der Waals surface area contributed by atoms with Crippen LogP contribution in [-0.2, 0) is 4.79 Å². The van der Waals surface area contributed by atoms with Crippen molar-refractivity contribution in [2.24, 2.45) is 28.6 Å². The molecule has 3 fully saturated rings. The van der Waals surface area contributed by atoms with Crippen LogP contribution in [0.5, 0.6) is 0 Å². The monoisotopic (exact) mass is 471 g/mol. The first-order valence-electron chi connectivity index (χ1n) is 12.0. The molecule has 3 saturated carbocycles. The Kier molecular flexibility index (Phi) is 4.60. The number of H-pyrrole nitrogens is 1. The average molecular weight is 472 g/mol. The highest BCUT2D eigenvalue weighted by Crippen LogP contribution is 2.67. The SMILES string of the molecule is CN1C(=O)C=C[C@@]2(C)C1CC[C@@H]1[C@H]2CC[C@]2(C)C(c3nc4cc(Cl)c(Cl)cc4[nH]3)CC[C@@H]12. The van der Waals surface area contributed by atoms with Gasteiger partial charge in [0.2, 0.25) is 5.91 Å². The van der Waals surface area contributed by atoms with Crippen LogP contribution in [0, 0.1) is 28.6 Å². The van der Waals surface area contributed by atoms with Crippen LogP contribution in [0.3, 0.4) is 0 Å². The number of carbonyl (C=O) groups is 1. The third kappa shape index (κ3) is 2.75. The molecule has 1 amide bonds. The van der Waals surface area contributed by atoms with Crippen molar-refractivity contribution in [3.8, 4) is 0 Å². The third-order valence-corrected chi connectivity index (χ3v) is 10.7. The molecule has 0 saturated heterocycles. The lowest BCUT2D eigenvalue weighted by Gasteiger charge is -2.60. The van der Waals surface area contributed by atoms with E-state index in [-0.39, 0.29) is 16.7 Å². The van der Waals surface area contributed by atoms with E-state index in [0.717, 1.165) is 29.2 Å². The second-order valence-electron chi connectivity index (χ2n) is 11.2. The summed E-state index contributed by atoms with van der Waals surface area (Å²) in [5.41, 5.74) is 2.23. The van der Waals surface area contributed by atoms with Crippen molar-refractivity contribution in [3.05, 3.63) is 40.2 Å². The number of hydrogen-bond acceptors (Lipinski definition) is 2. The number of imidazole rings is 1. The van der Waals surface area contributed by atoms with Crippen LogP contribution in [0.25, 0.3) is 11.0 Å². The zero-order valence-electron chi connectivity index (χ0n) is 19.0. The van der Waals surface area contributed by atoms with Gasteiger partial charge in [-0.1, -0.05) is 43.1 Å². The highest BCUT2D eigenvalue weighted by molar-refractivity contribution is 6.42. The summed E-state index contributed by atoms with van der Waals surface area (Å²) in [6, 6.07) is 4.12. The van der Waals surface area contributed by atoms with E-state index in [4.69, 9.17) is 28.2 Å². The fraction of sp³-hybridized carbons (Fsp3) is 0.615. The lowest BCUT2D eigenvalue weighted by Crippen LogP contribution is -2.59. The van der Waals surface area contributed by atoms with Crippen molar-refractivity contribution in [1.29, 1.82) is 0 Å². The second-order valence-corrected chi connectivity index (χ2v) is 12.0. The molecule has 6 rings (SSSR count). The fourth-order valence-corrected chi connectivity index (χ4v) is 8.70. The van der Waals surface area contributed by atoms with E-state index in [0.29, 0.717) is 33.8 Å². The van der Waals surface area contributed by atoms with E-state index in [1.165, 1.54) is 32.1 Å². The van der Waals surface area contributed by atoms with Gasteiger partial charge in [-0.3, -0.25) is 4.79 Å². The highest BCUT2D eigenvalue weighted by Gasteiger charge is 2.60. The molecular weight excluding hydrogens is 441 g/mol. The van der Waals surface area contributed by atoms with Gasteiger partial charge >= 0.3 is 0 Å². The van der Waals surface area contributed by atoms with Crippen molar-refractivity contribution in [2.45, 2.75) is 64.3 Å².